The molecule has 1 aliphatic heterocycles. The van der Waals surface area contributed by atoms with E-state index in [0.717, 1.165) is 47.8 Å². The number of nitriles is 1. The maximum Gasteiger partial charge on any atom is 0.179 e. The van der Waals surface area contributed by atoms with Crippen LogP contribution in [0, 0.1) is 11.3 Å². The minimum atomic E-state index is -0.0630. The third kappa shape index (κ3) is 2.77. The zero-order chi connectivity index (χ0) is 17.4. The zero-order valence-electron chi connectivity index (χ0n) is 14.2. The monoisotopic (exact) mass is 349 g/mol. The number of allylic oxidation sites excluding steroid dienone is 1. The maximum atomic E-state index is 12.5. The van der Waals surface area contributed by atoms with Gasteiger partial charge in [0.1, 0.15) is 11.6 Å². The molecule has 1 aromatic heterocycles. The summed E-state index contributed by atoms with van der Waals surface area (Å²) >= 11 is 1.68. The van der Waals surface area contributed by atoms with Crippen LogP contribution < -0.4 is 0 Å². The molecule has 25 heavy (non-hydrogen) atoms. The Hall–Kier alpha value is -2.45. The smallest absolute Gasteiger partial charge is 0.179 e. The molecule has 0 radical (unpaired) electrons. The average Bonchev–Trinajstić information content (AvgIpc) is 3.31. The first kappa shape index (κ1) is 16.0. The van der Waals surface area contributed by atoms with Crippen LogP contribution in [0.5, 0.6) is 0 Å². The summed E-state index contributed by atoms with van der Waals surface area (Å²) in [5.41, 5.74) is 4.49. The molecule has 2 aliphatic rings. The molecular formula is C20H19N3OS. The predicted molar refractivity (Wildman–Crippen MR) is 98.1 cm³/mol. The van der Waals surface area contributed by atoms with E-state index in [-0.39, 0.29) is 5.78 Å². The van der Waals surface area contributed by atoms with Crippen molar-refractivity contribution in [2.45, 2.75) is 32.1 Å². The molecular weight excluding hydrogens is 330 g/mol. The van der Waals surface area contributed by atoms with Gasteiger partial charge in [0.2, 0.25) is 0 Å². The molecule has 4 rings (SSSR count). The molecule has 4 nitrogen and oxygen atoms in total. The first-order valence-electron chi connectivity index (χ1n) is 8.65. The molecule has 0 bridgehead atoms. The fraction of sp³-hybridized carbons (Fsp3) is 0.350. The first-order valence-corrected chi connectivity index (χ1v) is 9.53. The van der Waals surface area contributed by atoms with Crippen LogP contribution in [0.15, 0.2) is 35.3 Å². The van der Waals surface area contributed by atoms with Crippen LogP contribution in [0.4, 0.5) is 0 Å². The maximum absolute atomic E-state index is 12.5. The molecule has 5 heteroatoms. The van der Waals surface area contributed by atoms with E-state index in [0.29, 0.717) is 17.9 Å². The number of aromatic nitrogens is 1. The number of nitrogens with zero attached hydrogens (tertiary/aromatic N) is 3. The van der Waals surface area contributed by atoms with Crippen LogP contribution in [-0.2, 0) is 17.6 Å². The van der Waals surface area contributed by atoms with Gasteiger partial charge in [0.25, 0.3) is 0 Å². The van der Waals surface area contributed by atoms with Crippen molar-refractivity contribution >= 4 is 22.8 Å². The number of fused-ring (bicyclic) bond motifs is 1. The van der Waals surface area contributed by atoms with Crippen LogP contribution in [0.1, 0.15) is 41.0 Å². The average molecular weight is 349 g/mol. The standard InChI is InChI=1S/C20H19N3OS/c1-2-13-3-4-14-10-18(24)17(11-21)19(16(14)9-13)23-7-5-15(12-23)20-22-6-8-25-20/h3-4,6,8-9,15H,2,5,7,10,12H2,1H3. The summed E-state index contributed by atoms with van der Waals surface area (Å²) in [5, 5.41) is 12.8. The third-order valence-electron chi connectivity index (χ3n) is 5.12. The van der Waals surface area contributed by atoms with E-state index < -0.39 is 0 Å². The van der Waals surface area contributed by atoms with Crippen molar-refractivity contribution in [1.29, 1.82) is 5.26 Å². The predicted octanol–water partition coefficient (Wildman–Crippen LogP) is 3.55. The number of ketones is 1. The van der Waals surface area contributed by atoms with Gasteiger partial charge in [-0.1, -0.05) is 19.1 Å². The van der Waals surface area contributed by atoms with Crippen molar-refractivity contribution in [2.24, 2.45) is 0 Å². The lowest BCUT2D eigenvalue weighted by Crippen LogP contribution is -2.27. The summed E-state index contributed by atoms with van der Waals surface area (Å²) in [6.45, 7) is 3.80. The zero-order valence-corrected chi connectivity index (χ0v) is 15.0. The van der Waals surface area contributed by atoms with E-state index >= 15 is 0 Å². The number of likely N-dealkylation sites (tertiary alicyclic amines) is 1. The van der Waals surface area contributed by atoms with E-state index in [1.807, 2.05) is 11.6 Å². The minimum absolute atomic E-state index is 0.0630. The number of hydrogen-bond donors (Lipinski definition) is 0. The van der Waals surface area contributed by atoms with E-state index in [4.69, 9.17) is 0 Å². The lowest BCUT2D eigenvalue weighted by molar-refractivity contribution is -0.114. The number of carbonyl (C=O) groups is 1. The Labute approximate surface area is 151 Å². The largest absolute Gasteiger partial charge is 0.369 e. The molecule has 2 aromatic rings. The fourth-order valence-corrected chi connectivity index (χ4v) is 4.56. The second kappa shape index (κ2) is 6.45. The highest BCUT2D eigenvalue weighted by Gasteiger charge is 2.34. The lowest BCUT2D eigenvalue weighted by atomic mass is 9.87. The van der Waals surface area contributed by atoms with E-state index in [1.54, 1.807) is 11.3 Å². The minimum Gasteiger partial charge on any atom is -0.369 e. The normalized spacial score (nSPS) is 19.9. The molecule has 126 valence electrons. The number of hydrogen-bond acceptors (Lipinski definition) is 5. The molecule has 0 amide bonds. The van der Waals surface area contributed by atoms with Gasteiger partial charge in [-0.25, -0.2) is 4.98 Å². The van der Waals surface area contributed by atoms with Gasteiger partial charge in [0, 0.05) is 42.6 Å². The quantitative estimate of drug-likeness (QED) is 0.850. The second-order valence-electron chi connectivity index (χ2n) is 6.58. The van der Waals surface area contributed by atoms with Crippen molar-refractivity contribution in [1.82, 2.24) is 9.88 Å². The Morgan fingerprint density at radius 1 is 1.44 bits per heavy atom. The van der Waals surface area contributed by atoms with Gasteiger partial charge in [-0.15, -0.1) is 11.3 Å². The molecule has 0 saturated carbocycles. The molecule has 1 aromatic carbocycles. The molecule has 1 atom stereocenters. The Morgan fingerprint density at radius 2 is 2.32 bits per heavy atom. The Morgan fingerprint density at radius 3 is 3.04 bits per heavy atom. The van der Waals surface area contributed by atoms with Crippen LogP contribution in [0.2, 0.25) is 0 Å². The summed E-state index contributed by atoms with van der Waals surface area (Å²) in [6, 6.07) is 8.48. The molecule has 1 saturated heterocycles. The highest BCUT2D eigenvalue weighted by atomic mass is 32.1. The second-order valence-corrected chi connectivity index (χ2v) is 7.51. The summed E-state index contributed by atoms with van der Waals surface area (Å²) in [5.74, 6) is 0.314. The fourth-order valence-electron chi connectivity index (χ4n) is 3.79. The summed E-state index contributed by atoms with van der Waals surface area (Å²) in [6.07, 6.45) is 4.12. The summed E-state index contributed by atoms with van der Waals surface area (Å²) in [7, 11) is 0. The van der Waals surface area contributed by atoms with Gasteiger partial charge in [-0.2, -0.15) is 5.26 Å². The topological polar surface area (TPSA) is 57.0 Å². The van der Waals surface area contributed by atoms with Crippen molar-refractivity contribution in [3.63, 3.8) is 0 Å². The van der Waals surface area contributed by atoms with Crippen LogP contribution in [-0.4, -0.2) is 28.8 Å². The first-order chi connectivity index (χ1) is 12.2. The Balaban J connectivity index is 1.76. The number of Topliss-reactive ketones (excluding diaryl/α,β-unsaturated/α-hetero) is 1. The number of rotatable bonds is 3. The molecule has 2 heterocycles. The SMILES string of the molecule is CCc1ccc2c(c1)C(N1CCC(c3nccs3)C1)=C(C#N)C(=O)C2. The lowest BCUT2D eigenvalue weighted by Gasteiger charge is -2.28. The number of aryl methyl sites for hydroxylation is 1. The molecule has 1 aliphatic carbocycles. The number of thiazole rings is 1. The Kier molecular flexibility index (Phi) is 4.14. The van der Waals surface area contributed by atoms with Gasteiger partial charge in [0.05, 0.1) is 10.7 Å². The Bertz CT molecular complexity index is 892. The van der Waals surface area contributed by atoms with Crippen molar-refractivity contribution in [3.05, 3.63) is 57.0 Å². The highest BCUT2D eigenvalue weighted by molar-refractivity contribution is 7.09. The van der Waals surface area contributed by atoms with E-state index in [2.05, 4.69) is 41.1 Å². The van der Waals surface area contributed by atoms with Gasteiger partial charge in [-0.3, -0.25) is 4.79 Å². The van der Waals surface area contributed by atoms with Crippen LogP contribution in [0.3, 0.4) is 0 Å². The molecule has 1 unspecified atom stereocenters. The van der Waals surface area contributed by atoms with E-state index in [9.17, 15) is 10.1 Å². The van der Waals surface area contributed by atoms with Crippen molar-refractivity contribution in [3.8, 4) is 6.07 Å². The van der Waals surface area contributed by atoms with Crippen molar-refractivity contribution < 1.29 is 4.79 Å². The summed E-state index contributed by atoms with van der Waals surface area (Å²) in [4.78, 5) is 19.2. The van der Waals surface area contributed by atoms with Gasteiger partial charge >= 0.3 is 0 Å². The molecule has 1 fully saturated rings. The number of carbonyl (C=O) groups excluding carboxylic acids is 1. The molecule has 0 spiro atoms. The highest BCUT2D eigenvalue weighted by Crippen LogP contribution is 2.38. The summed E-state index contributed by atoms with van der Waals surface area (Å²) < 4.78 is 0. The van der Waals surface area contributed by atoms with Gasteiger partial charge in [-0.05, 0) is 30.0 Å². The third-order valence-corrected chi connectivity index (χ3v) is 6.06. The van der Waals surface area contributed by atoms with Crippen molar-refractivity contribution in [2.75, 3.05) is 13.1 Å². The molecule has 0 N–H and O–H groups in total. The van der Waals surface area contributed by atoms with Gasteiger partial charge in [0.15, 0.2) is 5.78 Å². The van der Waals surface area contributed by atoms with Crippen LogP contribution >= 0.6 is 11.3 Å². The van der Waals surface area contributed by atoms with Crippen LogP contribution in [0.25, 0.3) is 5.70 Å². The number of benzene rings is 1. The van der Waals surface area contributed by atoms with E-state index in [1.165, 1.54) is 5.56 Å². The van der Waals surface area contributed by atoms with Gasteiger partial charge < -0.3 is 4.90 Å².